The molecule has 27 heavy (non-hydrogen) atoms. The number of aryl methyl sites for hydroxylation is 1. The van der Waals surface area contributed by atoms with Gasteiger partial charge < -0.3 is 14.7 Å². The zero-order valence-corrected chi connectivity index (χ0v) is 15.8. The Morgan fingerprint density at radius 1 is 1.33 bits per heavy atom. The Morgan fingerprint density at radius 3 is 2.74 bits per heavy atom. The second-order valence-corrected chi connectivity index (χ2v) is 7.50. The van der Waals surface area contributed by atoms with Crippen LogP contribution in [0.4, 0.5) is 10.6 Å². The van der Waals surface area contributed by atoms with Crippen LogP contribution in [0.2, 0.25) is 0 Å². The molecule has 4 rings (SSSR count). The van der Waals surface area contributed by atoms with E-state index >= 15 is 0 Å². The standard InChI is InChI=1S/C20H26N4O3/c1-23-19(11-16(22-23)14-4-3-5-14)21-20(26)24(15-7-8-15)12-13-6-9-17(25)18(10-13)27-2/h6,9-11,14-15,25H,3-5,7-8,12H2,1-2H3,(H,21,26). The van der Waals surface area contributed by atoms with Crippen molar-refractivity contribution in [1.82, 2.24) is 14.7 Å². The summed E-state index contributed by atoms with van der Waals surface area (Å²) in [6.45, 7) is 0.473. The van der Waals surface area contributed by atoms with Gasteiger partial charge in [-0.1, -0.05) is 12.5 Å². The number of amides is 2. The van der Waals surface area contributed by atoms with Crippen molar-refractivity contribution in [2.75, 3.05) is 12.4 Å². The van der Waals surface area contributed by atoms with E-state index in [1.807, 2.05) is 24.1 Å². The summed E-state index contributed by atoms with van der Waals surface area (Å²) in [7, 11) is 3.39. The minimum absolute atomic E-state index is 0.0991. The number of carbonyl (C=O) groups is 1. The zero-order chi connectivity index (χ0) is 19.0. The van der Waals surface area contributed by atoms with E-state index in [4.69, 9.17) is 4.74 Å². The zero-order valence-electron chi connectivity index (χ0n) is 15.8. The number of phenolic OH excluding ortho intramolecular Hbond substituents is 1. The number of anilines is 1. The number of hydrogen-bond donors (Lipinski definition) is 2. The number of carbonyl (C=O) groups excluding carboxylic acids is 1. The van der Waals surface area contributed by atoms with Gasteiger partial charge in [0, 0.05) is 31.6 Å². The molecular weight excluding hydrogens is 344 g/mol. The maximum Gasteiger partial charge on any atom is 0.323 e. The van der Waals surface area contributed by atoms with Crippen molar-refractivity contribution in [2.24, 2.45) is 7.05 Å². The average molecular weight is 370 g/mol. The number of aromatic nitrogens is 2. The quantitative estimate of drug-likeness (QED) is 0.814. The second kappa shape index (κ2) is 7.13. The summed E-state index contributed by atoms with van der Waals surface area (Å²) >= 11 is 0. The lowest BCUT2D eigenvalue weighted by Crippen LogP contribution is -2.36. The minimum atomic E-state index is -0.118. The van der Waals surface area contributed by atoms with Gasteiger partial charge in [-0.05, 0) is 43.4 Å². The van der Waals surface area contributed by atoms with Gasteiger partial charge in [0.1, 0.15) is 5.82 Å². The lowest BCUT2D eigenvalue weighted by Gasteiger charge is -2.23. The van der Waals surface area contributed by atoms with Gasteiger partial charge in [0.25, 0.3) is 0 Å². The summed E-state index contributed by atoms with van der Waals surface area (Å²) < 4.78 is 6.93. The van der Waals surface area contributed by atoms with E-state index in [0.29, 0.717) is 18.2 Å². The van der Waals surface area contributed by atoms with Crippen LogP contribution in [-0.2, 0) is 13.6 Å². The molecule has 0 bridgehead atoms. The van der Waals surface area contributed by atoms with Gasteiger partial charge in [0.15, 0.2) is 11.5 Å². The highest BCUT2D eigenvalue weighted by Crippen LogP contribution is 2.36. The van der Waals surface area contributed by atoms with Gasteiger partial charge in [-0.3, -0.25) is 10.00 Å². The number of rotatable bonds is 6. The predicted molar refractivity (Wildman–Crippen MR) is 102 cm³/mol. The summed E-state index contributed by atoms with van der Waals surface area (Å²) in [6, 6.07) is 7.33. The van der Waals surface area contributed by atoms with Crippen molar-refractivity contribution in [3.05, 3.63) is 35.5 Å². The van der Waals surface area contributed by atoms with E-state index in [0.717, 1.165) is 29.9 Å². The number of urea groups is 1. The Bertz CT molecular complexity index is 840. The van der Waals surface area contributed by atoms with Crippen molar-refractivity contribution < 1.29 is 14.6 Å². The Labute approximate surface area is 158 Å². The van der Waals surface area contributed by atoms with Gasteiger partial charge >= 0.3 is 6.03 Å². The van der Waals surface area contributed by atoms with Gasteiger partial charge in [-0.2, -0.15) is 5.10 Å². The first kappa shape index (κ1) is 17.7. The van der Waals surface area contributed by atoms with E-state index in [9.17, 15) is 9.90 Å². The molecular formula is C20H26N4O3. The predicted octanol–water partition coefficient (Wildman–Crippen LogP) is 3.60. The minimum Gasteiger partial charge on any atom is -0.504 e. The molecule has 0 spiro atoms. The van der Waals surface area contributed by atoms with Crippen LogP contribution in [0.1, 0.15) is 49.3 Å². The normalized spacial score (nSPS) is 16.7. The maximum atomic E-state index is 12.9. The number of phenols is 1. The van der Waals surface area contributed by atoms with Crippen molar-refractivity contribution in [3.63, 3.8) is 0 Å². The summed E-state index contributed by atoms with van der Waals surface area (Å²) in [4.78, 5) is 14.8. The number of ether oxygens (including phenoxy) is 1. The highest BCUT2D eigenvalue weighted by molar-refractivity contribution is 5.89. The molecule has 2 saturated carbocycles. The topological polar surface area (TPSA) is 79.6 Å². The summed E-state index contributed by atoms with van der Waals surface area (Å²) in [5.74, 6) is 1.78. The third kappa shape index (κ3) is 3.72. The number of benzene rings is 1. The third-order valence-corrected chi connectivity index (χ3v) is 5.50. The molecule has 0 atom stereocenters. The molecule has 2 amide bonds. The molecule has 1 aromatic heterocycles. The second-order valence-electron chi connectivity index (χ2n) is 7.50. The van der Waals surface area contributed by atoms with Crippen molar-refractivity contribution in [1.29, 1.82) is 0 Å². The first-order chi connectivity index (χ1) is 13.0. The van der Waals surface area contributed by atoms with Crippen LogP contribution >= 0.6 is 0 Å². The SMILES string of the molecule is COc1cc(CN(C(=O)Nc2cc(C3CCC3)nn2C)C2CC2)ccc1O. The van der Waals surface area contributed by atoms with E-state index in [2.05, 4.69) is 10.4 Å². The summed E-state index contributed by atoms with van der Waals surface area (Å²) in [5, 5.41) is 17.4. The molecule has 7 heteroatoms. The van der Waals surface area contributed by atoms with Crippen LogP contribution in [0, 0.1) is 0 Å². The Morgan fingerprint density at radius 2 is 2.11 bits per heavy atom. The monoisotopic (exact) mass is 370 g/mol. The Balaban J connectivity index is 1.47. The molecule has 2 aliphatic rings. The van der Waals surface area contributed by atoms with Gasteiger partial charge in [-0.25, -0.2) is 4.79 Å². The molecule has 0 unspecified atom stereocenters. The fourth-order valence-electron chi connectivity index (χ4n) is 3.46. The van der Waals surface area contributed by atoms with E-state index in [1.165, 1.54) is 26.4 Å². The number of nitrogens with zero attached hydrogens (tertiary/aromatic N) is 3. The largest absolute Gasteiger partial charge is 0.504 e. The lowest BCUT2D eigenvalue weighted by atomic mass is 9.83. The molecule has 0 saturated heterocycles. The fraction of sp³-hybridized carbons (Fsp3) is 0.500. The van der Waals surface area contributed by atoms with Gasteiger partial charge in [-0.15, -0.1) is 0 Å². The van der Waals surface area contributed by atoms with Crippen LogP contribution in [0.5, 0.6) is 11.5 Å². The molecule has 7 nitrogen and oxygen atoms in total. The number of nitrogens with one attached hydrogen (secondary N) is 1. The molecule has 1 aromatic carbocycles. The molecule has 2 aromatic rings. The molecule has 2 aliphatic carbocycles. The van der Waals surface area contributed by atoms with Crippen LogP contribution in [-0.4, -0.2) is 39.0 Å². The van der Waals surface area contributed by atoms with Crippen LogP contribution < -0.4 is 10.1 Å². The van der Waals surface area contributed by atoms with Crippen molar-refractivity contribution in [3.8, 4) is 11.5 Å². The molecule has 2 fully saturated rings. The fourth-order valence-corrected chi connectivity index (χ4v) is 3.46. The van der Waals surface area contributed by atoms with Crippen molar-refractivity contribution >= 4 is 11.8 Å². The van der Waals surface area contributed by atoms with E-state index in [1.54, 1.807) is 16.8 Å². The van der Waals surface area contributed by atoms with Crippen molar-refractivity contribution in [2.45, 2.75) is 50.6 Å². The maximum absolute atomic E-state index is 12.9. The molecule has 0 aliphatic heterocycles. The highest BCUT2D eigenvalue weighted by Gasteiger charge is 2.33. The first-order valence-electron chi connectivity index (χ1n) is 9.52. The average Bonchev–Trinajstić information content (AvgIpc) is 3.37. The smallest absolute Gasteiger partial charge is 0.323 e. The van der Waals surface area contributed by atoms with Crippen LogP contribution in [0.25, 0.3) is 0 Å². The Kier molecular flexibility index (Phi) is 4.68. The lowest BCUT2D eigenvalue weighted by molar-refractivity contribution is 0.206. The van der Waals surface area contributed by atoms with Gasteiger partial charge in [0.05, 0.1) is 12.8 Å². The van der Waals surface area contributed by atoms with E-state index < -0.39 is 0 Å². The number of aromatic hydroxyl groups is 1. The van der Waals surface area contributed by atoms with E-state index in [-0.39, 0.29) is 17.8 Å². The molecule has 144 valence electrons. The van der Waals surface area contributed by atoms with Crippen LogP contribution in [0.15, 0.2) is 24.3 Å². The third-order valence-electron chi connectivity index (χ3n) is 5.50. The summed E-state index contributed by atoms with van der Waals surface area (Å²) in [5.41, 5.74) is 1.99. The molecule has 1 heterocycles. The molecule has 2 N–H and O–H groups in total. The molecule has 0 radical (unpaired) electrons. The Hall–Kier alpha value is -2.70. The summed E-state index contributed by atoms with van der Waals surface area (Å²) in [6.07, 6.45) is 5.65. The number of hydrogen-bond acceptors (Lipinski definition) is 4. The number of methoxy groups -OCH3 is 1. The van der Waals surface area contributed by atoms with Gasteiger partial charge in [0.2, 0.25) is 0 Å². The van der Waals surface area contributed by atoms with Crippen LogP contribution in [0.3, 0.4) is 0 Å². The highest BCUT2D eigenvalue weighted by atomic mass is 16.5. The first-order valence-corrected chi connectivity index (χ1v) is 9.52.